The summed E-state index contributed by atoms with van der Waals surface area (Å²) in [5, 5.41) is 16.5. The van der Waals surface area contributed by atoms with Crippen LogP contribution in [-0.4, -0.2) is 75.9 Å². The Morgan fingerprint density at radius 1 is 1.44 bits per heavy atom. The van der Waals surface area contributed by atoms with E-state index in [2.05, 4.69) is 15.5 Å². The van der Waals surface area contributed by atoms with Gasteiger partial charge >= 0.3 is 6.03 Å². The number of urea groups is 1. The van der Waals surface area contributed by atoms with Crippen LogP contribution in [0, 0.1) is 19.8 Å². The molecule has 3 heterocycles. The number of aliphatic hydroxyl groups is 1. The molecule has 10 heteroatoms. The van der Waals surface area contributed by atoms with Gasteiger partial charge in [0.05, 0.1) is 19.2 Å². The summed E-state index contributed by atoms with van der Waals surface area (Å²) < 4.78 is 11.3. The number of carbonyl (C=O) groups excluding carboxylic acids is 2. The molecular formula is C24H33N5O5. The molecule has 0 saturated heterocycles. The number of aryl methyl sites for hydroxylation is 2. The molecule has 3 amide bonds. The zero-order valence-corrected chi connectivity index (χ0v) is 20.5. The van der Waals surface area contributed by atoms with E-state index in [1.54, 1.807) is 45.0 Å². The summed E-state index contributed by atoms with van der Waals surface area (Å²) >= 11 is 0. The van der Waals surface area contributed by atoms with Crippen molar-refractivity contribution in [1.29, 1.82) is 0 Å². The predicted molar refractivity (Wildman–Crippen MR) is 128 cm³/mol. The maximum atomic E-state index is 13.4. The number of aliphatic hydroxyl groups excluding tert-OH is 1. The van der Waals surface area contributed by atoms with E-state index in [1.807, 2.05) is 26.0 Å². The van der Waals surface area contributed by atoms with Crippen molar-refractivity contribution >= 4 is 23.7 Å². The lowest BCUT2D eigenvalue weighted by Gasteiger charge is -2.37. The molecule has 10 nitrogen and oxygen atoms in total. The molecule has 0 spiro atoms. The Hall–Kier alpha value is -3.40. The van der Waals surface area contributed by atoms with E-state index < -0.39 is 6.10 Å². The van der Waals surface area contributed by atoms with Crippen molar-refractivity contribution in [1.82, 2.24) is 19.9 Å². The lowest BCUT2D eigenvalue weighted by Crippen LogP contribution is -2.50. The van der Waals surface area contributed by atoms with Crippen LogP contribution in [-0.2, 0) is 0 Å². The van der Waals surface area contributed by atoms with Gasteiger partial charge in [0, 0.05) is 25.7 Å². The van der Waals surface area contributed by atoms with Gasteiger partial charge in [-0.15, -0.1) is 0 Å². The second-order valence-corrected chi connectivity index (χ2v) is 8.75. The van der Waals surface area contributed by atoms with Crippen LogP contribution in [0.15, 0.2) is 22.9 Å². The lowest BCUT2D eigenvalue weighted by atomic mass is 10.00. The predicted octanol–water partition coefficient (Wildman–Crippen LogP) is 3.10. The number of aromatic nitrogens is 2. The molecule has 1 aliphatic heterocycles. The maximum Gasteiger partial charge on any atom is 0.321 e. The van der Waals surface area contributed by atoms with E-state index in [4.69, 9.17) is 9.26 Å². The Kier molecular flexibility index (Phi) is 7.93. The number of nitrogens with one attached hydrogen (secondary N) is 1. The van der Waals surface area contributed by atoms with E-state index in [9.17, 15) is 14.7 Å². The minimum absolute atomic E-state index is 0.141. The van der Waals surface area contributed by atoms with E-state index in [-0.39, 0.29) is 42.9 Å². The fourth-order valence-electron chi connectivity index (χ4n) is 3.84. The molecule has 1 aliphatic rings. The molecule has 0 saturated carbocycles. The second-order valence-electron chi connectivity index (χ2n) is 8.75. The van der Waals surface area contributed by atoms with Gasteiger partial charge in [-0.1, -0.05) is 24.2 Å². The maximum absolute atomic E-state index is 13.4. The molecule has 0 fully saturated rings. The SMILES string of the molecule is C/C=C/c1cnc2c(c1)C(=O)N([C@H](C)CO)C[C@H](C)[C@@H](CN(C)C(=O)Nc1c(C)noc1C)O2. The molecule has 2 aromatic rings. The Bertz CT molecular complexity index is 1050. The Morgan fingerprint density at radius 2 is 2.18 bits per heavy atom. The van der Waals surface area contributed by atoms with Gasteiger partial charge < -0.3 is 29.5 Å². The summed E-state index contributed by atoms with van der Waals surface area (Å²) in [6.45, 7) is 9.57. The van der Waals surface area contributed by atoms with Crippen molar-refractivity contribution in [3.8, 4) is 5.88 Å². The van der Waals surface area contributed by atoms with Crippen molar-refractivity contribution < 1.29 is 24.0 Å². The standard InChI is InChI=1S/C24H33N5O5/c1-7-8-18-9-19-22(25-10-18)33-20(14(2)11-29(23(19)31)15(3)13-30)12-28(6)24(32)26-21-16(4)27-34-17(21)5/h7-10,14-15,20,30H,11-13H2,1-6H3,(H,26,32)/b8-7+/t14-,15+,20+/m0/s1. The number of likely N-dealkylation sites (N-methyl/N-ethyl adjacent to an activating group) is 1. The van der Waals surface area contributed by atoms with Crippen molar-refractivity contribution in [2.45, 2.75) is 46.8 Å². The van der Waals surface area contributed by atoms with Gasteiger partial charge in [0.2, 0.25) is 5.88 Å². The van der Waals surface area contributed by atoms with Gasteiger partial charge in [-0.25, -0.2) is 9.78 Å². The van der Waals surface area contributed by atoms with Gasteiger partial charge in [0.1, 0.15) is 23.0 Å². The molecule has 184 valence electrons. The highest BCUT2D eigenvalue weighted by Crippen LogP contribution is 2.28. The molecule has 2 aromatic heterocycles. The van der Waals surface area contributed by atoms with Crippen molar-refractivity contribution in [2.24, 2.45) is 5.92 Å². The molecule has 3 atom stereocenters. The quantitative estimate of drug-likeness (QED) is 0.664. The number of pyridine rings is 1. The van der Waals surface area contributed by atoms with Gasteiger partial charge in [-0.2, -0.15) is 0 Å². The van der Waals surface area contributed by atoms with Gasteiger partial charge in [0.15, 0.2) is 5.76 Å². The third-order valence-corrected chi connectivity index (χ3v) is 5.97. The molecule has 2 N–H and O–H groups in total. The van der Waals surface area contributed by atoms with Crippen LogP contribution in [0.3, 0.4) is 0 Å². The first-order chi connectivity index (χ1) is 16.2. The summed E-state index contributed by atoms with van der Waals surface area (Å²) in [6.07, 6.45) is 4.92. The fourth-order valence-corrected chi connectivity index (χ4v) is 3.84. The molecule has 0 aromatic carbocycles. The third-order valence-electron chi connectivity index (χ3n) is 5.97. The van der Waals surface area contributed by atoms with Crippen LogP contribution in [0.25, 0.3) is 6.08 Å². The van der Waals surface area contributed by atoms with Crippen molar-refractivity contribution in [3.05, 3.63) is 40.9 Å². The minimum atomic E-state index is -0.444. The Balaban J connectivity index is 1.88. The highest BCUT2D eigenvalue weighted by Gasteiger charge is 2.34. The zero-order valence-electron chi connectivity index (χ0n) is 20.5. The first kappa shape index (κ1) is 25.2. The number of carbonyl (C=O) groups is 2. The zero-order chi connectivity index (χ0) is 25.0. The molecular weight excluding hydrogens is 438 g/mol. The van der Waals surface area contributed by atoms with Crippen LogP contribution >= 0.6 is 0 Å². The first-order valence-electron chi connectivity index (χ1n) is 11.3. The number of hydrogen-bond donors (Lipinski definition) is 2. The first-order valence-corrected chi connectivity index (χ1v) is 11.3. The number of anilines is 1. The van der Waals surface area contributed by atoms with Crippen LogP contribution in [0.5, 0.6) is 5.88 Å². The molecule has 3 rings (SSSR count). The molecule has 0 radical (unpaired) electrons. The number of amides is 3. The number of allylic oxidation sites excluding steroid dienone is 1. The topological polar surface area (TPSA) is 121 Å². The summed E-state index contributed by atoms with van der Waals surface area (Å²) in [7, 11) is 1.67. The highest BCUT2D eigenvalue weighted by molar-refractivity contribution is 5.97. The second kappa shape index (κ2) is 10.7. The number of rotatable bonds is 6. The number of hydrogen-bond acceptors (Lipinski definition) is 7. The van der Waals surface area contributed by atoms with E-state index in [0.29, 0.717) is 29.2 Å². The van der Waals surface area contributed by atoms with Gasteiger partial charge in [-0.05, 0) is 39.3 Å². The van der Waals surface area contributed by atoms with Crippen molar-refractivity contribution in [3.63, 3.8) is 0 Å². The average molecular weight is 472 g/mol. The Morgan fingerprint density at radius 3 is 2.79 bits per heavy atom. The smallest absolute Gasteiger partial charge is 0.321 e. The number of fused-ring (bicyclic) bond motifs is 1. The highest BCUT2D eigenvalue weighted by atomic mass is 16.5. The fraction of sp³-hybridized carbons (Fsp3) is 0.500. The average Bonchev–Trinajstić information content (AvgIpc) is 3.13. The summed E-state index contributed by atoms with van der Waals surface area (Å²) in [5.41, 5.74) is 2.24. The molecule has 0 aliphatic carbocycles. The summed E-state index contributed by atoms with van der Waals surface area (Å²) in [5.74, 6) is 0.351. The van der Waals surface area contributed by atoms with E-state index in [0.717, 1.165) is 5.56 Å². The summed E-state index contributed by atoms with van der Waals surface area (Å²) in [4.78, 5) is 33.8. The van der Waals surface area contributed by atoms with Crippen LogP contribution < -0.4 is 10.1 Å². The molecule has 0 unspecified atom stereocenters. The third kappa shape index (κ3) is 5.39. The van der Waals surface area contributed by atoms with Crippen LogP contribution in [0.4, 0.5) is 10.5 Å². The minimum Gasteiger partial charge on any atom is -0.472 e. The lowest BCUT2D eigenvalue weighted by molar-refractivity contribution is 0.0356. The largest absolute Gasteiger partial charge is 0.472 e. The summed E-state index contributed by atoms with van der Waals surface area (Å²) in [6, 6.07) is 1.02. The number of ether oxygens (including phenoxy) is 1. The molecule has 0 bridgehead atoms. The number of nitrogens with zero attached hydrogens (tertiary/aromatic N) is 4. The molecule has 34 heavy (non-hydrogen) atoms. The van der Waals surface area contributed by atoms with E-state index >= 15 is 0 Å². The Labute approximate surface area is 199 Å². The van der Waals surface area contributed by atoms with Crippen LogP contribution in [0.1, 0.15) is 48.1 Å². The van der Waals surface area contributed by atoms with Crippen LogP contribution in [0.2, 0.25) is 0 Å². The monoisotopic (exact) mass is 471 g/mol. The normalized spacial score (nSPS) is 19.3. The van der Waals surface area contributed by atoms with Crippen molar-refractivity contribution in [2.75, 3.05) is 32.1 Å². The van der Waals surface area contributed by atoms with Gasteiger partial charge in [-0.3, -0.25) is 4.79 Å². The van der Waals surface area contributed by atoms with E-state index in [1.165, 1.54) is 4.90 Å². The van der Waals surface area contributed by atoms with Gasteiger partial charge in [0.25, 0.3) is 5.91 Å².